The van der Waals surface area contributed by atoms with Crippen molar-refractivity contribution in [3.05, 3.63) is 153 Å². The van der Waals surface area contributed by atoms with Crippen molar-refractivity contribution in [3.8, 4) is 22.3 Å². The molecule has 0 N–H and O–H groups in total. The number of hydrogen-bond donors (Lipinski definition) is 0. The lowest BCUT2D eigenvalue weighted by Gasteiger charge is -2.32. The molecule has 0 saturated carbocycles. The van der Waals surface area contributed by atoms with Gasteiger partial charge in [0.2, 0.25) is 0 Å². The molecule has 52 heavy (non-hydrogen) atoms. The van der Waals surface area contributed by atoms with Crippen LogP contribution in [0.2, 0.25) is 0 Å². The Balaban J connectivity index is 1.20. The standard InChI is InChI=1S/C46H42N4S2/c1-27-21-33(49(31-15-11-9-12-16-31)43-47-29(3)25-51-43)23-37-39(27)35-19-20-36-40-28(2)22-34(24-38(40)46(7,8)42(36)41(35)45(37,5)6)50(32-17-13-10-14-18-32)44-48-30(4)26-52-44/h9-26H,1-8H3. The highest BCUT2D eigenvalue weighted by Gasteiger charge is 2.47. The Morgan fingerprint density at radius 2 is 0.865 bits per heavy atom. The molecule has 5 aromatic carbocycles. The maximum absolute atomic E-state index is 4.96. The average molecular weight is 715 g/mol. The second-order valence-electron chi connectivity index (χ2n) is 15.4. The molecular formula is C46H42N4S2. The molecule has 0 fully saturated rings. The highest BCUT2D eigenvalue weighted by Crippen LogP contribution is 2.61. The summed E-state index contributed by atoms with van der Waals surface area (Å²) in [6.07, 6.45) is 0. The van der Waals surface area contributed by atoms with Crippen LogP contribution in [0.15, 0.2) is 108 Å². The van der Waals surface area contributed by atoms with Gasteiger partial charge in [-0.15, -0.1) is 22.7 Å². The largest absolute Gasteiger partial charge is 0.286 e. The molecule has 2 aliphatic carbocycles. The number of aryl methyl sites for hydroxylation is 4. The minimum absolute atomic E-state index is 0.220. The number of hydrogen-bond acceptors (Lipinski definition) is 6. The summed E-state index contributed by atoms with van der Waals surface area (Å²) in [7, 11) is 0. The molecule has 9 rings (SSSR count). The van der Waals surface area contributed by atoms with E-state index < -0.39 is 0 Å². The fourth-order valence-electron chi connectivity index (χ4n) is 8.86. The number of para-hydroxylation sites is 2. The number of rotatable bonds is 6. The molecule has 4 nitrogen and oxygen atoms in total. The summed E-state index contributed by atoms with van der Waals surface area (Å²) in [6.45, 7) is 18.4. The zero-order chi connectivity index (χ0) is 36.1. The smallest absolute Gasteiger partial charge is 0.194 e. The van der Waals surface area contributed by atoms with E-state index in [1.54, 1.807) is 22.7 Å². The molecule has 0 radical (unpaired) electrons. The van der Waals surface area contributed by atoms with Crippen LogP contribution in [-0.4, -0.2) is 9.97 Å². The Hall–Kier alpha value is -5.04. The molecule has 0 spiro atoms. The zero-order valence-corrected chi connectivity index (χ0v) is 32.6. The second-order valence-corrected chi connectivity index (χ2v) is 17.1. The summed E-state index contributed by atoms with van der Waals surface area (Å²) in [4.78, 5) is 14.6. The predicted octanol–water partition coefficient (Wildman–Crippen LogP) is 13.4. The van der Waals surface area contributed by atoms with Gasteiger partial charge in [-0.05, 0) is 132 Å². The van der Waals surface area contributed by atoms with E-state index >= 15 is 0 Å². The van der Waals surface area contributed by atoms with E-state index in [-0.39, 0.29) is 10.8 Å². The molecule has 7 aromatic rings. The Labute approximate surface area is 315 Å². The molecule has 2 heterocycles. The van der Waals surface area contributed by atoms with Crippen molar-refractivity contribution in [2.75, 3.05) is 9.80 Å². The van der Waals surface area contributed by atoms with Gasteiger partial charge < -0.3 is 0 Å². The lowest BCUT2D eigenvalue weighted by molar-refractivity contribution is 0.601. The van der Waals surface area contributed by atoms with E-state index in [0.29, 0.717) is 0 Å². The van der Waals surface area contributed by atoms with Gasteiger partial charge in [-0.1, -0.05) is 76.2 Å². The van der Waals surface area contributed by atoms with Crippen LogP contribution in [0.1, 0.15) is 72.5 Å². The van der Waals surface area contributed by atoms with Crippen molar-refractivity contribution in [2.24, 2.45) is 0 Å². The molecular weight excluding hydrogens is 673 g/mol. The minimum Gasteiger partial charge on any atom is -0.286 e. The molecule has 0 amide bonds. The summed E-state index contributed by atoms with van der Waals surface area (Å²) in [5.41, 5.74) is 19.9. The topological polar surface area (TPSA) is 32.3 Å². The predicted molar refractivity (Wildman–Crippen MR) is 221 cm³/mol. The Kier molecular flexibility index (Phi) is 7.41. The first kappa shape index (κ1) is 32.8. The molecule has 0 unspecified atom stereocenters. The lowest BCUT2D eigenvalue weighted by atomic mass is 9.72. The van der Waals surface area contributed by atoms with Gasteiger partial charge in [0.25, 0.3) is 0 Å². The van der Waals surface area contributed by atoms with E-state index in [2.05, 4.69) is 173 Å². The Bertz CT molecular complexity index is 2350. The molecule has 2 aliphatic rings. The van der Waals surface area contributed by atoms with Crippen molar-refractivity contribution in [1.29, 1.82) is 0 Å². The quantitative estimate of drug-likeness (QED) is 0.172. The molecule has 0 bridgehead atoms. The maximum Gasteiger partial charge on any atom is 0.194 e. The van der Waals surface area contributed by atoms with Crippen molar-refractivity contribution >= 4 is 55.7 Å². The zero-order valence-electron chi connectivity index (χ0n) is 31.0. The van der Waals surface area contributed by atoms with Crippen molar-refractivity contribution in [1.82, 2.24) is 9.97 Å². The molecule has 0 atom stereocenters. The monoisotopic (exact) mass is 714 g/mol. The fraction of sp³-hybridized carbons (Fsp3) is 0.217. The van der Waals surface area contributed by atoms with E-state index in [9.17, 15) is 0 Å². The van der Waals surface area contributed by atoms with Gasteiger partial charge in [-0.25, -0.2) is 9.97 Å². The normalized spacial score (nSPS) is 14.5. The van der Waals surface area contributed by atoms with Gasteiger partial charge in [0, 0.05) is 44.3 Å². The molecule has 0 saturated heterocycles. The summed E-state index contributed by atoms with van der Waals surface area (Å²) in [5.74, 6) is 0. The van der Waals surface area contributed by atoms with E-state index in [4.69, 9.17) is 9.97 Å². The summed E-state index contributed by atoms with van der Waals surface area (Å²) < 4.78 is 0. The van der Waals surface area contributed by atoms with Crippen LogP contribution in [0.4, 0.5) is 33.0 Å². The third kappa shape index (κ3) is 4.84. The summed E-state index contributed by atoms with van der Waals surface area (Å²) >= 11 is 3.39. The molecule has 258 valence electrons. The molecule has 0 aliphatic heterocycles. The van der Waals surface area contributed by atoms with Crippen LogP contribution in [-0.2, 0) is 10.8 Å². The second kappa shape index (κ2) is 11.7. The van der Waals surface area contributed by atoms with Gasteiger partial charge in [0.15, 0.2) is 10.3 Å². The van der Waals surface area contributed by atoms with Crippen LogP contribution < -0.4 is 9.80 Å². The Morgan fingerprint density at radius 3 is 1.21 bits per heavy atom. The van der Waals surface area contributed by atoms with Crippen molar-refractivity contribution in [3.63, 3.8) is 0 Å². The Morgan fingerprint density at radius 1 is 0.481 bits per heavy atom. The van der Waals surface area contributed by atoms with Gasteiger partial charge in [-0.3, -0.25) is 9.80 Å². The number of benzene rings is 5. The number of thiazole rings is 2. The lowest BCUT2D eigenvalue weighted by Crippen LogP contribution is -2.24. The third-order valence-corrected chi connectivity index (χ3v) is 13.0. The van der Waals surface area contributed by atoms with Gasteiger partial charge in [-0.2, -0.15) is 0 Å². The first-order chi connectivity index (χ1) is 24.9. The van der Waals surface area contributed by atoms with Gasteiger partial charge in [0.05, 0.1) is 11.4 Å². The summed E-state index contributed by atoms with van der Waals surface area (Å²) in [6, 6.07) is 35.7. The average Bonchev–Trinajstić information content (AvgIpc) is 3.85. The first-order valence-electron chi connectivity index (χ1n) is 18.0. The molecule has 2 aromatic heterocycles. The highest BCUT2D eigenvalue weighted by atomic mass is 32.1. The van der Waals surface area contributed by atoms with Crippen LogP contribution in [0, 0.1) is 27.7 Å². The maximum atomic E-state index is 4.96. The van der Waals surface area contributed by atoms with E-state index in [1.807, 2.05) is 0 Å². The first-order valence-corrected chi connectivity index (χ1v) is 19.7. The van der Waals surface area contributed by atoms with Crippen LogP contribution >= 0.6 is 22.7 Å². The number of nitrogens with zero attached hydrogens (tertiary/aromatic N) is 4. The van der Waals surface area contributed by atoms with Crippen molar-refractivity contribution < 1.29 is 0 Å². The van der Waals surface area contributed by atoms with E-state index in [1.165, 1.54) is 55.6 Å². The number of fused-ring (bicyclic) bond motifs is 7. The molecule has 6 heteroatoms. The fourth-order valence-corrected chi connectivity index (χ4v) is 10.5. The van der Waals surface area contributed by atoms with Crippen LogP contribution in [0.25, 0.3) is 22.3 Å². The van der Waals surface area contributed by atoms with E-state index in [0.717, 1.165) is 44.4 Å². The third-order valence-electron chi connectivity index (χ3n) is 11.1. The number of aromatic nitrogens is 2. The van der Waals surface area contributed by atoms with Crippen LogP contribution in [0.5, 0.6) is 0 Å². The minimum atomic E-state index is -0.220. The van der Waals surface area contributed by atoms with Gasteiger partial charge >= 0.3 is 0 Å². The van der Waals surface area contributed by atoms with Gasteiger partial charge in [0.1, 0.15) is 0 Å². The number of anilines is 6. The van der Waals surface area contributed by atoms with Crippen LogP contribution in [0.3, 0.4) is 0 Å². The van der Waals surface area contributed by atoms with Crippen molar-refractivity contribution in [2.45, 2.75) is 66.2 Å². The summed E-state index contributed by atoms with van der Waals surface area (Å²) in [5, 5.41) is 6.24. The SMILES string of the molecule is Cc1csc(N(c2ccccc2)c2cc(C)c3c(c2)C(C)(C)c2c-3ccc3c2C(C)(C)c2cc(N(c4ccccc4)c4nc(C)cs4)cc(C)c2-3)n1. The highest BCUT2D eigenvalue weighted by molar-refractivity contribution is 7.14.